The van der Waals surface area contributed by atoms with Crippen LogP contribution in [0.2, 0.25) is 5.02 Å². The molecule has 0 saturated heterocycles. The average molecular weight is 352 g/mol. The van der Waals surface area contributed by atoms with Gasteiger partial charge in [0.1, 0.15) is 30.3 Å². The summed E-state index contributed by atoms with van der Waals surface area (Å²) in [5.41, 5.74) is -0.238. The van der Waals surface area contributed by atoms with Crippen molar-refractivity contribution in [2.24, 2.45) is 0 Å². The highest BCUT2D eigenvalue weighted by Gasteiger charge is 2.18. The highest BCUT2D eigenvalue weighted by Crippen LogP contribution is 2.24. The minimum atomic E-state index is -0.727. The van der Waals surface area contributed by atoms with Gasteiger partial charge in [-0.3, -0.25) is 10.1 Å². The first kappa shape index (κ1) is 17.6. The van der Waals surface area contributed by atoms with E-state index in [1.165, 1.54) is 19.2 Å². The van der Waals surface area contributed by atoms with E-state index in [0.717, 1.165) is 6.07 Å². The molecule has 0 heterocycles. The molecule has 0 aromatic heterocycles. The van der Waals surface area contributed by atoms with Gasteiger partial charge in [-0.15, -0.1) is 0 Å². The highest BCUT2D eigenvalue weighted by molar-refractivity contribution is 6.30. The summed E-state index contributed by atoms with van der Waals surface area (Å²) >= 11 is 5.76. The van der Waals surface area contributed by atoms with E-state index in [9.17, 15) is 14.9 Å². The number of hydrogen-bond donors (Lipinski definition) is 0. The molecule has 24 heavy (non-hydrogen) atoms. The van der Waals surface area contributed by atoms with Crippen LogP contribution in [0.25, 0.3) is 0 Å². The lowest BCUT2D eigenvalue weighted by Crippen LogP contribution is -2.13. The summed E-state index contributed by atoms with van der Waals surface area (Å²) in [6.07, 6.45) is 0. The third kappa shape index (κ3) is 4.60. The summed E-state index contributed by atoms with van der Waals surface area (Å²) in [7, 11) is 1.36. The maximum atomic E-state index is 12.1. The minimum Gasteiger partial charge on any atom is -0.496 e. The van der Waals surface area contributed by atoms with Gasteiger partial charge in [-0.1, -0.05) is 11.6 Å². The molecular weight excluding hydrogens is 338 g/mol. The number of esters is 1. The number of halogens is 1. The topological polar surface area (TPSA) is 87.9 Å². The van der Waals surface area contributed by atoms with E-state index in [-0.39, 0.29) is 30.2 Å². The normalized spacial score (nSPS) is 10.1. The average Bonchev–Trinajstić information content (AvgIpc) is 2.59. The highest BCUT2D eigenvalue weighted by atomic mass is 35.5. The maximum absolute atomic E-state index is 12.1. The van der Waals surface area contributed by atoms with Crippen LogP contribution < -0.4 is 9.47 Å². The molecule has 0 N–H and O–H groups in total. The van der Waals surface area contributed by atoms with Crippen molar-refractivity contribution in [1.82, 2.24) is 0 Å². The number of rotatable bonds is 7. The second-order valence-electron chi connectivity index (χ2n) is 4.58. The standard InChI is InChI=1S/C16H14ClNO6/c1-22-15-7-4-12(18(20)21)10-14(15)16(19)24-9-8-23-13-5-2-11(17)3-6-13/h2-7,10H,8-9H2,1H3. The Labute approximate surface area is 142 Å². The van der Waals surface area contributed by atoms with E-state index in [1.54, 1.807) is 24.3 Å². The summed E-state index contributed by atoms with van der Waals surface area (Å²) < 4.78 is 15.5. The molecule has 0 aliphatic heterocycles. The van der Waals surface area contributed by atoms with Gasteiger partial charge in [0.25, 0.3) is 5.69 Å². The molecule has 2 aromatic carbocycles. The van der Waals surface area contributed by atoms with Gasteiger partial charge >= 0.3 is 5.97 Å². The van der Waals surface area contributed by atoms with Gasteiger partial charge in [0, 0.05) is 17.2 Å². The monoisotopic (exact) mass is 351 g/mol. The summed E-state index contributed by atoms with van der Waals surface area (Å²) in [5, 5.41) is 11.4. The Kier molecular flexibility index (Phi) is 5.97. The third-order valence-corrected chi connectivity index (χ3v) is 3.26. The third-order valence-electron chi connectivity index (χ3n) is 3.01. The SMILES string of the molecule is COc1ccc([N+](=O)[O-])cc1C(=O)OCCOc1ccc(Cl)cc1. The molecule has 0 amide bonds. The Morgan fingerprint density at radius 3 is 2.50 bits per heavy atom. The number of non-ortho nitro benzene ring substituents is 1. The number of nitro groups is 1. The first-order valence-electron chi connectivity index (χ1n) is 6.89. The number of nitro benzene ring substituents is 1. The Balaban J connectivity index is 1.93. The molecule has 0 saturated carbocycles. The zero-order chi connectivity index (χ0) is 17.5. The molecule has 2 rings (SSSR count). The van der Waals surface area contributed by atoms with Crippen LogP contribution >= 0.6 is 11.6 Å². The molecule has 126 valence electrons. The molecule has 0 aliphatic carbocycles. The zero-order valence-electron chi connectivity index (χ0n) is 12.7. The van der Waals surface area contributed by atoms with E-state index in [2.05, 4.69) is 0 Å². The molecule has 0 unspecified atom stereocenters. The fraction of sp³-hybridized carbons (Fsp3) is 0.188. The van der Waals surface area contributed by atoms with Crippen molar-refractivity contribution >= 4 is 23.3 Å². The van der Waals surface area contributed by atoms with Crippen molar-refractivity contribution in [1.29, 1.82) is 0 Å². The fourth-order valence-corrected chi connectivity index (χ4v) is 2.00. The van der Waals surface area contributed by atoms with E-state index >= 15 is 0 Å². The molecule has 7 nitrogen and oxygen atoms in total. The molecule has 0 fully saturated rings. The molecule has 2 aromatic rings. The Hall–Kier alpha value is -2.80. The van der Waals surface area contributed by atoms with Crippen LogP contribution in [-0.2, 0) is 4.74 Å². The van der Waals surface area contributed by atoms with Crippen LogP contribution in [0.15, 0.2) is 42.5 Å². The van der Waals surface area contributed by atoms with Crippen molar-refractivity contribution in [3.8, 4) is 11.5 Å². The number of ether oxygens (including phenoxy) is 3. The lowest BCUT2D eigenvalue weighted by atomic mass is 10.2. The number of hydrogen-bond acceptors (Lipinski definition) is 6. The van der Waals surface area contributed by atoms with Gasteiger partial charge in [0.05, 0.1) is 12.0 Å². The maximum Gasteiger partial charge on any atom is 0.342 e. The van der Waals surface area contributed by atoms with Gasteiger partial charge in [-0.05, 0) is 30.3 Å². The Morgan fingerprint density at radius 2 is 1.88 bits per heavy atom. The molecule has 0 radical (unpaired) electrons. The van der Waals surface area contributed by atoms with Crippen molar-refractivity contribution < 1.29 is 23.9 Å². The van der Waals surface area contributed by atoms with E-state index in [1.807, 2.05) is 0 Å². The van der Waals surface area contributed by atoms with Gasteiger partial charge in [0.15, 0.2) is 0 Å². The van der Waals surface area contributed by atoms with Crippen LogP contribution in [0, 0.1) is 10.1 Å². The van der Waals surface area contributed by atoms with E-state index in [0.29, 0.717) is 10.8 Å². The number of benzene rings is 2. The van der Waals surface area contributed by atoms with Gasteiger partial charge in [0.2, 0.25) is 0 Å². The molecule has 0 spiro atoms. The summed E-state index contributed by atoms with van der Waals surface area (Å²) in [6, 6.07) is 10.4. The first-order valence-corrected chi connectivity index (χ1v) is 7.27. The predicted octanol–water partition coefficient (Wildman–Crippen LogP) is 3.49. The second kappa shape index (κ2) is 8.16. The molecule has 8 heteroatoms. The van der Waals surface area contributed by atoms with Gasteiger partial charge < -0.3 is 14.2 Å². The lowest BCUT2D eigenvalue weighted by molar-refractivity contribution is -0.384. The molecule has 0 bridgehead atoms. The largest absolute Gasteiger partial charge is 0.496 e. The molecular formula is C16H14ClNO6. The molecule has 0 aliphatic rings. The van der Waals surface area contributed by atoms with Crippen LogP contribution in [-0.4, -0.2) is 31.2 Å². The van der Waals surface area contributed by atoms with Crippen LogP contribution in [0.1, 0.15) is 10.4 Å². The second-order valence-corrected chi connectivity index (χ2v) is 5.02. The molecule has 0 atom stereocenters. The van der Waals surface area contributed by atoms with Crippen LogP contribution in [0.5, 0.6) is 11.5 Å². The summed E-state index contributed by atoms with van der Waals surface area (Å²) in [5.74, 6) is 0.0582. The van der Waals surface area contributed by atoms with Crippen molar-refractivity contribution in [2.45, 2.75) is 0 Å². The summed E-state index contributed by atoms with van der Waals surface area (Å²) in [4.78, 5) is 22.3. The van der Waals surface area contributed by atoms with E-state index < -0.39 is 10.9 Å². The summed E-state index contributed by atoms with van der Waals surface area (Å²) in [6.45, 7) is 0.109. The van der Waals surface area contributed by atoms with Crippen molar-refractivity contribution in [3.63, 3.8) is 0 Å². The van der Waals surface area contributed by atoms with Gasteiger partial charge in [-0.25, -0.2) is 4.79 Å². The van der Waals surface area contributed by atoms with Crippen LogP contribution in [0.4, 0.5) is 5.69 Å². The van der Waals surface area contributed by atoms with E-state index in [4.69, 9.17) is 25.8 Å². The Bertz CT molecular complexity index is 732. The van der Waals surface area contributed by atoms with Crippen LogP contribution in [0.3, 0.4) is 0 Å². The van der Waals surface area contributed by atoms with Crippen molar-refractivity contribution in [3.05, 3.63) is 63.2 Å². The lowest BCUT2D eigenvalue weighted by Gasteiger charge is -2.09. The minimum absolute atomic E-state index is 0.0156. The smallest absolute Gasteiger partial charge is 0.342 e. The Morgan fingerprint density at radius 1 is 1.17 bits per heavy atom. The predicted molar refractivity (Wildman–Crippen MR) is 86.9 cm³/mol. The first-order chi connectivity index (χ1) is 11.5. The van der Waals surface area contributed by atoms with Gasteiger partial charge in [-0.2, -0.15) is 0 Å². The number of methoxy groups -OCH3 is 1. The fourth-order valence-electron chi connectivity index (χ4n) is 1.87. The van der Waals surface area contributed by atoms with Crippen molar-refractivity contribution in [2.75, 3.05) is 20.3 Å². The number of carbonyl (C=O) groups excluding carboxylic acids is 1. The quantitative estimate of drug-likeness (QED) is 0.328. The number of nitrogens with zero attached hydrogens (tertiary/aromatic N) is 1. The number of carbonyl (C=O) groups is 1. The zero-order valence-corrected chi connectivity index (χ0v) is 13.5.